The van der Waals surface area contributed by atoms with E-state index in [4.69, 9.17) is 0 Å². The number of aliphatic hydroxyl groups is 1. The van der Waals surface area contributed by atoms with Crippen LogP contribution in [0.1, 0.15) is 124 Å². The van der Waals surface area contributed by atoms with Crippen molar-refractivity contribution >= 4 is 0 Å². The second-order valence-corrected chi connectivity index (χ2v) is 13.9. The number of fused-ring (bicyclic) bond motifs is 5. The van der Waals surface area contributed by atoms with Crippen LogP contribution in [-0.2, 0) is 6.54 Å². The number of hydrogen-bond acceptors (Lipinski definition) is 2. The zero-order valence-electron chi connectivity index (χ0n) is 23.5. The fourth-order valence-corrected chi connectivity index (χ4v) is 10.1. The molecule has 0 aromatic carbocycles. The SMILES string of the molecule is CCC[C@@H]1C=C2CCC3C(CCC4(C)C3CCC4[C@@](C)(O)Cn3cc(C(C)C)cn3)C2(CC)CC1. The Morgan fingerprint density at radius 1 is 1.11 bits per heavy atom. The van der Waals surface area contributed by atoms with Gasteiger partial charge in [-0.2, -0.15) is 5.10 Å². The maximum Gasteiger partial charge on any atom is 0.0848 e. The van der Waals surface area contributed by atoms with E-state index in [-0.39, 0.29) is 5.41 Å². The van der Waals surface area contributed by atoms with Crippen LogP contribution in [0.15, 0.2) is 24.0 Å². The van der Waals surface area contributed by atoms with Crippen molar-refractivity contribution in [1.82, 2.24) is 9.78 Å². The van der Waals surface area contributed by atoms with Gasteiger partial charge in [0.25, 0.3) is 0 Å². The van der Waals surface area contributed by atoms with Gasteiger partial charge in [-0.3, -0.25) is 4.68 Å². The molecule has 1 aromatic rings. The molecule has 0 bridgehead atoms. The zero-order chi connectivity index (χ0) is 25.0. The van der Waals surface area contributed by atoms with Crippen molar-refractivity contribution in [3.05, 3.63) is 29.6 Å². The predicted molar refractivity (Wildman–Crippen MR) is 145 cm³/mol. The van der Waals surface area contributed by atoms with Gasteiger partial charge in [-0.05, 0) is 123 Å². The van der Waals surface area contributed by atoms with E-state index in [1.165, 1.54) is 76.2 Å². The molecule has 3 fully saturated rings. The second-order valence-electron chi connectivity index (χ2n) is 13.9. The standard InChI is InChI=1S/C32H52N2O/c1-7-9-23-14-17-32(8-2)25(18-23)10-11-26-27-12-13-29(30(27,5)16-15-28(26)32)31(6,35)21-34-20-24(19-33-34)22(3)4/h18-20,22-23,26-29,35H,7-17,21H2,1-6H3/t23-,26?,27?,28?,29?,30?,31-,32?/m0/s1. The van der Waals surface area contributed by atoms with Crippen molar-refractivity contribution in [1.29, 1.82) is 0 Å². The Bertz CT molecular complexity index is 928. The lowest BCUT2D eigenvalue weighted by Gasteiger charge is -2.60. The monoisotopic (exact) mass is 480 g/mol. The average Bonchev–Trinajstić information content (AvgIpc) is 3.43. The summed E-state index contributed by atoms with van der Waals surface area (Å²) in [5.41, 5.74) is 3.15. The van der Waals surface area contributed by atoms with E-state index in [9.17, 15) is 5.11 Å². The van der Waals surface area contributed by atoms with Crippen molar-refractivity contribution in [3.63, 3.8) is 0 Å². The van der Waals surface area contributed by atoms with Gasteiger partial charge >= 0.3 is 0 Å². The maximum absolute atomic E-state index is 11.9. The number of allylic oxidation sites excluding steroid dienone is 2. The lowest BCUT2D eigenvalue weighted by atomic mass is 9.45. The lowest BCUT2D eigenvalue weighted by molar-refractivity contribution is -0.113. The minimum absolute atomic E-state index is 0.258. The Balaban J connectivity index is 1.36. The van der Waals surface area contributed by atoms with Gasteiger partial charge in [-0.1, -0.05) is 52.7 Å². The fraction of sp³-hybridized carbons (Fsp3) is 0.844. The molecule has 3 nitrogen and oxygen atoms in total. The predicted octanol–water partition coefficient (Wildman–Crippen LogP) is 8.14. The smallest absolute Gasteiger partial charge is 0.0848 e. The molecule has 1 heterocycles. The molecule has 1 aromatic heterocycles. The van der Waals surface area contributed by atoms with Gasteiger partial charge in [0.1, 0.15) is 0 Å². The van der Waals surface area contributed by atoms with E-state index < -0.39 is 5.60 Å². The summed E-state index contributed by atoms with van der Waals surface area (Å²) in [5.74, 6) is 4.18. The zero-order valence-corrected chi connectivity index (χ0v) is 23.5. The summed E-state index contributed by atoms with van der Waals surface area (Å²) >= 11 is 0. The second kappa shape index (κ2) is 9.34. The van der Waals surface area contributed by atoms with E-state index in [0.29, 0.717) is 23.8 Å². The third kappa shape index (κ3) is 4.16. The Hall–Kier alpha value is -1.09. The summed E-state index contributed by atoms with van der Waals surface area (Å²) in [6, 6.07) is 0. The topological polar surface area (TPSA) is 38.0 Å². The summed E-state index contributed by atoms with van der Waals surface area (Å²) in [5, 5.41) is 16.5. The van der Waals surface area contributed by atoms with Crippen LogP contribution in [0.5, 0.6) is 0 Å². The summed E-state index contributed by atoms with van der Waals surface area (Å²) in [6.07, 6.45) is 21.7. The lowest BCUT2D eigenvalue weighted by Crippen LogP contribution is -2.54. The van der Waals surface area contributed by atoms with E-state index in [1.54, 1.807) is 0 Å². The van der Waals surface area contributed by atoms with Crippen molar-refractivity contribution in [3.8, 4) is 0 Å². The molecule has 0 radical (unpaired) electrons. The van der Waals surface area contributed by atoms with Crippen molar-refractivity contribution in [2.45, 2.75) is 130 Å². The molecule has 196 valence electrons. The van der Waals surface area contributed by atoms with E-state index >= 15 is 0 Å². The van der Waals surface area contributed by atoms with E-state index in [2.05, 4.69) is 58.9 Å². The minimum Gasteiger partial charge on any atom is -0.388 e. The summed E-state index contributed by atoms with van der Waals surface area (Å²) in [7, 11) is 0. The Kier molecular flexibility index (Phi) is 6.82. The van der Waals surface area contributed by atoms with Crippen molar-refractivity contribution < 1.29 is 5.11 Å². The Morgan fingerprint density at radius 3 is 2.60 bits per heavy atom. The molecular formula is C32H52N2O. The molecule has 3 saturated carbocycles. The molecule has 0 spiro atoms. The summed E-state index contributed by atoms with van der Waals surface area (Å²) in [6.45, 7) is 14.5. The first-order valence-electron chi connectivity index (χ1n) is 15.1. The molecule has 1 N–H and O–H groups in total. The van der Waals surface area contributed by atoms with Crippen LogP contribution in [0, 0.1) is 40.4 Å². The first-order valence-corrected chi connectivity index (χ1v) is 15.1. The highest BCUT2D eigenvalue weighted by molar-refractivity contribution is 5.26. The largest absolute Gasteiger partial charge is 0.388 e. The summed E-state index contributed by atoms with van der Waals surface area (Å²) < 4.78 is 2.01. The van der Waals surface area contributed by atoms with E-state index in [1.807, 2.05) is 16.5 Å². The van der Waals surface area contributed by atoms with Crippen molar-refractivity contribution in [2.24, 2.45) is 40.4 Å². The maximum atomic E-state index is 11.9. The number of aromatic nitrogens is 2. The van der Waals surface area contributed by atoms with E-state index in [0.717, 1.165) is 23.7 Å². The van der Waals surface area contributed by atoms with Gasteiger partial charge < -0.3 is 5.11 Å². The molecule has 35 heavy (non-hydrogen) atoms. The van der Waals surface area contributed by atoms with Crippen LogP contribution >= 0.6 is 0 Å². The third-order valence-electron chi connectivity index (χ3n) is 11.8. The molecule has 8 atom stereocenters. The first-order chi connectivity index (χ1) is 16.6. The Labute approximate surface area is 215 Å². The van der Waals surface area contributed by atoms with Crippen molar-refractivity contribution in [2.75, 3.05) is 0 Å². The first kappa shape index (κ1) is 25.6. The molecule has 6 unspecified atom stereocenters. The van der Waals surface area contributed by atoms with Crippen LogP contribution in [-0.4, -0.2) is 20.5 Å². The van der Waals surface area contributed by atoms with Crippen LogP contribution < -0.4 is 0 Å². The van der Waals surface area contributed by atoms with Gasteiger partial charge in [-0.25, -0.2) is 0 Å². The molecule has 0 amide bonds. The summed E-state index contributed by atoms with van der Waals surface area (Å²) in [4.78, 5) is 0. The molecule has 0 saturated heterocycles. The number of rotatable bonds is 7. The van der Waals surface area contributed by atoms with Crippen LogP contribution in [0.3, 0.4) is 0 Å². The van der Waals surface area contributed by atoms with Gasteiger partial charge in [0.15, 0.2) is 0 Å². The number of nitrogens with zero attached hydrogens (tertiary/aromatic N) is 2. The van der Waals surface area contributed by atoms with Crippen LogP contribution in [0.4, 0.5) is 0 Å². The molecule has 4 aliphatic rings. The Morgan fingerprint density at radius 2 is 1.91 bits per heavy atom. The normalized spacial score (nSPS) is 40.6. The average molecular weight is 481 g/mol. The molecular weight excluding hydrogens is 428 g/mol. The molecule has 5 rings (SSSR count). The molecule has 0 aliphatic heterocycles. The van der Waals surface area contributed by atoms with Gasteiger partial charge in [0.2, 0.25) is 0 Å². The van der Waals surface area contributed by atoms with Crippen LogP contribution in [0.25, 0.3) is 0 Å². The highest BCUT2D eigenvalue weighted by Gasteiger charge is 2.62. The quantitative estimate of drug-likeness (QED) is 0.400. The highest BCUT2D eigenvalue weighted by atomic mass is 16.3. The molecule has 4 aliphatic carbocycles. The third-order valence-corrected chi connectivity index (χ3v) is 11.8. The van der Waals surface area contributed by atoms with Gasteiger partial charge in [0.05, 0.1) is 18.3 Å². The molecule has 3 heteroatoms. The highest BCUT2D eigenvalue weighted by Crippen LogP contribution is 2.69. The minimum atomic E-state index is -0.711. The van der Waals surface area contributed by atoms with Gasteiger partial charge in [0, 0.05) is 6.20 Å². The van der Waals surface area contributed by atoms with Gasteiger partial charge in [-0.15, -0.1) is 0 Å². The van der Waals surface area contributed by atoms with Crippen LogP contribution in [0.2, 0.25) is 0 Å². The fourth-order valence-electron chi connectivity index (χ4n) is 10.1. The number of hydrogen-bond donors (Lipinski definition) is 1.